The molecule has 2 aromatic rings. The predicted molar refractivity (Wildman–Crippen MR) is 61.7 cm³/mol. The summed E-state index contributed by atoms with van der Waals surface area (Å²) >= 11 is 6.94. The van der Waals surface area contributed by atoms with E-state index >= 15 is 0 Å². The second-order valence-corrected chi connectivity index (χ2v) is 4.90. The fourth-order valence-corrected chi connectivity index (χ4v) is 2.78. The van der Waals surface area contributed by atoms with Crippen molar-refractivity contribution < 1.29 is 0 Å². The Labute approximate surface area is 91.9 Å². The monoisotopic (exact) mass is 222 g/mol. The number of aromatic nitrogens is 2. The van der Waals surface area contributed by atoms with E-state index in [4.69, 9.17) is 12.2 Å². The maximum atomic E-state index is 5.30. The molecule has 0 saturated heterocycles. The highest BCUT2D eigenvalue weighted by molar-refractivity contribution is 7.73. The number of rotatable bonds is 1. The summed E-state index contributed by atoms with van der Waals surface area (Å²) in [4.78, 5) is 5.35. The molecule has 0 amide bonds. The smallest absolute Gasteiger partial charge is 0.166 e. The van der Waals surface area contributed by atoms with Gasteiger partial charge in [0.05, 0.1) is 11.9 Å². The third-order valence-corrected chi connectivity index (χ3v) is 3.56. The zero-order valence-electron chi connectivity index (χ0n) is 8.02. The maximum absolute atomic E-state index is 5.30. The standard InChI is InChI=1S/C10H10N2S2/c1-7-8(2)14-10(13)12(7)9-4-3-5-11-6-9/h3-6H,1-2H3. The lowest BCUT2D eigenvalue weighted by molar-refractivity contribution is 0.983. The summed E-state index contributed by atoms with van der Waals surface area (Å²) < 4.78 is 2.94. The molecule has 0 N–H and O–H groups in total. The predicted octanol–water partition coefficient (Wildman–Crippen LogP) is 3.28. The van der Waals surface area contributed by atoms with Crippen LogP contribution in [0.5, 0.6) is 0 Å². The molecule has 14 heavy (non-hydrogen) atoms. The summed E-state index contributed by atoms with van der Waals surface area (Å²) in [5.74, 6) is 0. The number of nitrogens with zero attached hydrogens (tertiary/aromatic N) is 2. The van der Waals surface area contributed by atoms with E-state index in [1.54, 1.807) is 17.5 Å². The fraction of sp³-hybridized carbons (Fsp3) is 0.200. The summed E-state index contributed by atoms with van der Waals surface area (Å²) in [6, 6.07) is 3.94. The lowest BCUT2D eigenvalue weighted by Gasteiger charge is -2.04. The summed E-state index contributed by atoms with van der Waals surface area (Å²) in [5, 5.41) is 0. The van der Waals surface area contributed by atoms with E-state index in [0.717, 1.165) is 9.64 Å². The van der Waals surface area contributed by atoms with E-state index in [1.807, 2.05) is 18.3 Å². The zero-order valence-corrected chi connectivity index (χ0v) is 9.65. The topological polar surface area (TPSA) is 17.8 Å². The minimum absolute atomic E-state index is 0.882. The minimum atomic E-state index is 0.882. The van der Waals surface area contributed by atoms with Crippen molar-refractivity contribution in [2.75, 3.05) is 0 Å². The molecule has 2 rings (SSSR count). The van der Waals surface area contributed by atoms with Crippen molar-refractivity contribution in [2.45, 2.75) is 13.8 Å². The van der Waals surface area contributed by atoms with Crippen molar-refractivity contribution in [3.8, 4) is 5.69 Å². The van der Waals surface area contributed by atoms with Gasteiger partial charge in [0.15, 0.2) is 3.95 Å². The van der Waals surface area contributed by atoms with E-state index in [-0.39, 0.29) is 0 Å². The number of aryl methyl sites for hydroxylation is 1. The van der Waals surface area contributed by atoms with Crippen molar-refractivity contribution in [3.05, 3.63) is 39.1 Å². The van der Waals surface area contributed by atoms with Gasteiger partial charge in [0, 0.05) is 16.8 Å². The molecule has 0 aliphatic rings. The van der Waals surface area contributed by atoms with Crippen LogP contribution in [0.2, 0.25) is 0 Å². The Hall–Kier alpha value is -1.00. The molecule has 0 radical (unpaired) electrons. The Morgan fingerprint density at radius 3 is 2.71 bits per heavy atom. The van der Waals surface area contributed by atoms with Crippen LogP contribution < -0.4 is 0 Å². The van der Waals surface area contributed by atoms with Crippen molar-refractivity contribution in [2.24, 2.45) is 0 Å². The van der Waals surface area contributed by atoms with Crippen LogP contribution in [-0.2, 0) is 0 Å². The molecule has 0 bridgehead atoms. The first-order valence-corrected chi connectivity index (χ1v) is 5.52. The molecule has 0 atom stereocenters. The van der Waals surface area contributed by atoms with Crippen LogP contribution in [-0.4, -0.2) is 9.55 Å². The fourth-order valence-electron chi connectivity index (χ4n) is 1.33. The second kappa shape index (κ2) is 3.63. The molecule has 0 aromatic carbocycles. The molecule has 0 spiro atoms. The van der Waals surface area contributed by atoms with Gasteiger partial charge in [0.25, 0.3) is 0 Å². The Morgan fingerprint density at radius 2 is 2.21 bits per heavy atom. The quantitative estimate of drug-likeness (QED) is 0.689. The van der Waals surface area contributed by atoms with Crippen LogP contribution in [0.25, 0.3) is 5.69 Å². The number of thiazole rings is 1. The molecule has 0 aliphatic carbocycles. The van der Waals surface area contributed by atoms with E-state index in [1.165, 1.54) is 10.6 Å². The number of hydrogen-bond donors (Lipinski definition) is 0. The molecule has 2 nitrogen and oxygen atoms in total. The molecule has 0 aliphatic heterocycles. The van der Waals surface area contributed by atoms with Crippen LogP contribution in [0.15, 0.2) is 24.5 Å². The van der Waals surface area contributed by atoms with E-state index in [0.29, 0.717) is 0 Å². The van der Waals surface area contributed by atoms with Gasteiger partial charge in [-0.3, -0.25) is 9.55 Å². The first-order valence-electron chi connectivity index (χ1n) is 4.29. The van der Waals surface area contributed by atoms with Crippen molar-refractivity contribution >= 4 is 23.6 Å². The SMILES string of the molecule is Cc1sc(=S)n(-c2cccnc2)c1C. The van der Waals surface area contributed by atoms with Crippen LogP contribution >= 0.6 is 23.6 Å². The molecular formula is C10H10N2S2. The Morgan fingerprint density at radius 1 is 1.43 bits per heavy atom. The second-order valence-electron chi connectivity index (χ2n) is 3.06. The molecule has 0 saturated carbocycles. The molecule has 0 unspecified atom stereocenters. The molecule has 72 valence electrons. The highest BCUT2D eigenvalue weighted by Gasteiger charge is 2.06. The highest BCUT2D eigenvalue weighted by Crippen LogP contribution is 2.21. The maximum Gasteiger partial charge on any atom is 0.166 e. The van der Waals surface area contributed by atoms with Crippen molar-refractivity contribution in [1.82, 2.24) is 9.55 Å². The average molecular weight is 222 g/mol. The average Bonchev–Trinajstić information content (AvgIpc) is 2.43. The van der Waals surface area contributed by atoms with Crippen LogP contribution in [0, 0.1) is 17.8 Å². The van der Waals surface area contributed by atoms with E-state index < -0.39 is 0 Å². The number of hydrogen-bond acceptors (Lipinski definition) is 3. The Bertz CT molecular complexity index is 497. The molecule has 2 heterocycles. The Balaban J connectivity index is 2.69. The third-order valence-electron chi connectivity index (χ3n) is 2.17. The van der Waals surface area contributed by atoms with E-state index in [2.05, 4.69) is 23.4 Å². The lowest BCUT2D eigenvalue weighted by atomic mass is 10.3. The van der Waals surface area contributed by atoms with Crippen molar-refractivity contribution in [1.29, 1.82) is 0 Å². The van der Waals surface area contributed by atoms with Gasteiger partial charge in [-0.15, -0.1) is 11.3 Å². The Kier molecular flexibility index (Phi) is 2.48. The first kappa shape index (κ1) is 9.55. The van der Waals surface area contributed by atoms with Gasteiger partial charge in [-0.25, -0.2) is 0 Å². The van der Waals surface area contributed by atoms with Gasteiger partial charge < -0.3 is 0 Å². The molecule has 4 heteroatoms. The number of pyridine rings is 1. The summed E-state index contributed by atoms with van der Waals surface area (Å²) in [5.41, 5.74) is 2.24. The molecule has 0 fully saturated rings. The minimum Gasteiger partial charge on any atom is -0.294 e. The van der Waals surface area contributed by atoms with Crippen LogP contribution in [0.4, 0.5) is 0 Å². The normalized spacial score (nSPS) is 10.4. The summed E-state index contributed by atoms with van der Waals surface area (Å²) in [6.07, 6.45) is 3.59. The largest absolute Gasteiger partial charge is 0.294 e. The van der Waals surface area contributed by atoms with Gasteiger partial charge in [0.2, 0.25) is 0 Å². The zero-order chi connectivity index (χ0) is 10.1. The van der Waals surface area contributed by atoms with Crippen molar-refractivity contribution in [3.63, 3.8) is 0 Å². The summed E-state index contributed by atoms with van der Waals surface area (Å²) in [7, 11) is 0. The lowest BCUT2D eigenvalue weighted by Crippen LogP contribution is -1.96. The highest BCUT2D eigenvalue weighted by atomic mass is 32.1. The van der Waals surface area contributed by atoms with E-state index in [9.17, 15) is 0 Å². The molecular weight excluding hydrogens is 212 g/mol. The van der Waals surface area contributed by atoms with Gasteiger partial charge in [0.1, 0.15) is 0 Å². The van der Waals surface area contributed by atoms with Gasteiger partial charge >= 0.3 is 0 Å². The van der Waals surface area contributed by atoms with Crippen LogP contribution in [0.3, 0.4) is 0 Å². The summed E-state index contributed by atoms with van der Waals surface area (Å²) in [6.45, 7) is 4.16. The molecule has 2 aromatic heterocycles. The first-order chi connectivity index (χ1) is 6.70. The van der Waals surface area contributed by atoms with Gasteiger partial charge in [-0.2, -0.15) is 0 Å². The third kappa shape index (κ3) is 1.51. The van der Waals surface area contributed by atoms with Gasteiger partial charge in [-0.1, -0.05) is 0 Å². The van der Waals surface area contributed by atoms with Gasteiger partial charge in [-0.05, 0) is 38.2 Å². The van der Waals surface area contributed by atoms with Crippen LogP contribution in [0.1, 0.15) is 10.6 Å².